The smallest absolute Gasteiger partial charge is 0.474 e. The van der Waals surface area contributed by atoms with Gasteiger partial charge >= 0.3 is 25.7 Å². The summed E-state index contributed by atoms with van der Waals surface area (Å²) in [6.07, 6.45) is 2.54. The van der Waals surface area contributed by atoms with Crippen LogP contribution in [0.2, 0.25) is 0 Å². The van der Waals surface area contributed by atoms with Gasteiger partial charge in [-0.25, -0.2) is 24.1 Å². The number of hydroxylamine groups is 2. The van der Waals surface area contributed by atoms with Gasteiger partial charge in [0.2, 0.25) is 12.3 Å². The number of phosphoric acid groups is 1. The van der Waals surface area contributed by atoms with Crippen molar-refractivity contribution in [3.05, 3.63) is 185 Å². The molecule has 0 saturated carbocycles. The van der Waals surface area contributed by atoms with Crippen molar-refractivity contribution in [1.82, 2.24) is 21.0 Å². The first-order valence-corrected chi connectivity index (χ1v) is 27.6. The first-order chi connectivity index (χ1) is 39.2. The summed E-state index contributed by atoms with van der Waals surface area (Å²) in [4.78, 5) is 109. The summed E-state index contributed by atoms with van der Waals surface area (Å²) >= 11 is 0. The Hall–Kier alpha value is -8.46. The Kier molecular flexibility index (Phi) is 24.8. The number of amides is 4. The highest BCUT2D eigenvalue weighted by molar-refractivity contribution is 7.47. The predicted octanol–water partition coefficient (Wildman–Crippen LogP) is 8.50. The normalized spacial score (nSPS) is 12.8. The van der Waals surface area contributed by atoms with Crippen LogP contribution in [0.25, 0.3) is 11.3 Å². The molecule has 4 N–H and O–H groups in total. The number of unbranched alkanes of at least 4 members (excludes halogenated alkanes) is 2. The number of hydrogen-bond acceptors (Lipinski definition) is 16. The lowest BCUT2D eigenvalue weighted by atomic mass is 9.90. The molecule has 81 heavy (non-hydrogen) atoms. The molecule has 0 aliphatic carbocycles. The molecule has 0 saturated heterocycles. The van der Waals surface area contributed by atoms with Gasteiger partial charge in [0, 0.05) is 5.56 Å². The largest absolute Gasteiger partial charge is 0.481 e. The van der Waals surface area contributed by atoms with Crippen LogP contribution in [0.1, 0.15) is 95.5 Å². The Morgan fingerprint density at radius 1 is 0.667 bits per heavy atom. The van der Waals surface area contributed by atoms with E-state index in [9.17, 15) is 43.0 Å². The van der Waals surface area contributed by atoms with E-state index in [1.54, 1.807) is 116 Å². The van der Waals surface area contributed by atoms with Gasteiger partial charge in [0.25, 0.3) is 11.8 Å². The highest BCUT2D eigenvalue weighted by Crippen LogP contribution is 2.44. The van der Waals surface area contributed by atoms with Crippen molar-refractivity contribution < 1.29 is 80.3 Å². The Balaban J connectivity index is 1.13. The molecule has 4 atom stereocenters. The number of nitrogens with one attached hydrogen (secondary N) is 3. The van der Waals surface area contributed by atoms with E-state index >= 15 is 0 Å². The van der Waals surface area contributed by atoms with E-state index in [4.69, 9.17) is 37.2 Å². The summed E-state index contributed by atoms with van der Waals surface area (Å²) in [6, 6.07) is 39.9. The maximum Gasteiger partial charge on any atom is 0.474 e. The molecule has 4 unspecified atom stereocenters. The molecule has 22 heteroatoms. The molecule has 1 aromatic heterocycles. The standard InChI is InChI=1S/C59H65N4O17P/c1-3-5-10-27-47(50(4-2)63(40-64)77-41-79-81(71,72)78-37-45-25-17-9-18-26-45)56(67)60-39-61-58(69)52-31-30-51(80-52)46-28-29-48(53(32-46)73-38-55(66)75-35-43-21-13-7-14-22-43)57(68)62-49(59(70)76-36-44-23-15-8-16-24-44)33-54(65)74-34-42-19-11-6-12-20-42/h6-9,11-26,28-32,40,47,49-50H,3-5,10,27,33-39,41H2,1-2H3,(H,60,67)(H,61,69)(H,62,68)(H,71,72). The fourth-order valence-electron chi connectivity index (χ4n) is 8.04. The molecule has 0 aliphatic heterocycles. The summed E-state index contributed by atoms with van der Waals surface area (Å²) < 4.78 is 50.7. The van der Waals surface area contributed by atoms with Crippen molar-refractivity contribution in [3.63, 3.8) is 0 Å². The first kappa shape index (κ1) is 61.7. The maximum atomic E-state index is 14.2. The molecule has 5 aromatic carbocycles. The molecule has 0 aliphatic rings. The van der Waals surface area contributed by atoms with E-state index in [0.717, 1.165) is 23.5 Å². The molecule has 6 aromatic rings. The van der Waals surface area contributed by atoms with Crippen LogP contribution in [0, 0.1) is 5.92 Å². The molecule has 0 fully saturated rings. The number of carbonyl (C=O) groups is 7. The summed E-state index contributed by atoms with van der Waals surface area (Å²) in [5, 5.41) is 8.70. The van der Waals surface area contributed by atoms with Crippen LogP contribution >= 0.6 is 7.82 Å². The Bertz CT molecular complexity index is 3020. The van der Waals surface area contributed by atoms with Gasteiger partial charge in [-0.05, 0) is 59.4 Å². The molecule has 428 valence electrons. The number of furan rings is 1. The third-order valence-electron chi connectivity index (χ3n) is 12.3. The molecule has 21 nitrogen and oxygen atoms in total. The number of ether oxygens (including phenoxy) is 4. The zero-order valence-corrected chi connectivity index (χ0v) is 45.7. The van der Waals surface area contributed by atoms with E-state index in [-0.39, 0.29) is 67.9 Å². The van der Waals surface area contributed by atoms with Gasteiger partial charge in [0.15, 0.2) is 19.2 Å². The van der Waals surface area contributed by atoms with Gasteiger partial charge < -0.3 is 44.2 Å². The third kappa shape index (κ3) is 20.6. The second-order valence-electron chi connectivity index (χ2n) is 18.2. The minimum atomic E-state index is -4.60. The first-order valence-electron chi connectivity index (χ1n) is 26.1. The molecule has 0 radical (unpaired) electrons. The molecule has 0 bridgehead atoms. The molecular formula is C59H65N4O17P. The lowest BCUT2D eigenvalue weighted by molar-refractivity contribution is -0.221. The van der Waals surface area contributed by atoms with E-state index in [0.29, 0.717) is 35.9 Å². The van der Waals surface area contributed by atoms with Gasteiger partial charge in [-0.3, -0.25) is 33.0 Å². The molecule has 0 spiro atoms. The SMILES string of the molecule is CCCCCC(C(=O)NCNC(=O)c1ccc(-c2ccc(C(=O)NC(CC(=O)OCc3ccccc3)C(=O)OCc3ccccc3)c(OCC(=O)OCc3ccccc3)c2)o1)C(CC)N(C=O)OCOP(=O)(O)OCc1ccccc1. The lowest BCUT2D eigenvalue weighted by Crippen LogP contribution is -2.48. The van der Waals surface area contributed by atoms with Crippen molar-refractivity contribution in [1.29, 1.82) is 0 Å². The summed E-state index contributed by atoms with van der Waals surface area (Å²) in [6.45, 7) is 1.34. The number of rotatable bonds is 34. The van der Waals surface area contributed by atoms with Gasteiger partial charge in [-0.2, -0.15) is 0 Å². The number of nitrogens with zero attached hydrogens (tertiary/aromatic N) is 1. The van der Waals surface area contributed by atoms with Crippen molar-refractivity contribution >= 4 is 49.9 Å². The quantitative estimate of drug-likeness (QED) is 0.00560. The van der Waals surface area contributed by atoms with Crippen LogP contribution in [-0.4, -0.2) is 84.1 Å². The van der Waals surface area contributed by atoms with Gasteiger partial charge in [-0.1, -0.05) is 161 Å². The van der Waals surface area contributed by atoms with Gasteiger partial charge in [0.05, 0.1) is 37.2 Å². The van der Waals surface area contributed by atoms with Crippen LogP contribution < -0.4 is 20.7 Å². The minimum Gasteiger partial charge on any atom is -0.481 e. The van der Waals surface area contributed by atoms with Crippen molar-refractivity contribution in [2.45, 2.75) is 90.9 Å². The number of carbonyl (C=O) groups excluding carboxylic acids is 7. The van der Waals surface area contributed by atoms with Crippen LogP contribution in [0.3, 0.4) is 0 Å². The number of phosphoric ester groups is 1. The average Bonchev–Trinajstić information content (AvgIpc) is 3.99. The molecule has 4 amide bonds. The predicted molar refractivity (Wildman–Crippen MR) is 292 cm³/mol. The Morgan fingerprint density at radius 2 is 1.25 bits per heavy atom. The van der Waals surface area contributed by atoms with Crippen LogP contribution in [-0.2, 0) is 83.1 Å². The van der Waals surface area contributed by atoms with Crippen molar-refractivity contribution in [3.8, 4) is 17.1 Å². The Labute approximate surface area is 468 Å². The highest BCUT2D eigenvalue weighted by atomic mass is 31.2. The number of hydrogen-bond donors (Lipinski definition) is 4. The number of benzene rings is 5. The average molecular weight is 1130 g/mol. The van der Waals surface area contributed by atoms with Crippen LogP contribution in [0.15, 0.2) is 156 Å². The molecule has 6 rings (SSSR count). The molecule has 1 heterocycles. The fraction of sp³-hybridized carbons (Fsp3) is 0.305. The van der Waals surface area contributed by atoms with E-state index in [2.05, 4.69) is 16.0 Å². The second-order valence-corrected chi connectivity index (χ2v) is 19.6. The second kappa shape index (κ2) is 32.6. The van der Waals surface area contributed by atoms with Crippen molar-refractivity contribution in [2.75, 3.05) is 20.1 Å². The van der Waals surface area contributed by atoms with Crippen LogP contribution in [0.5, 0.6) is 5.75 Å². The van der Waals surface area contributed by atoms with E-state index in [1.807, 2.05) is 19.1 Å². The van der Waals surface area contributed by atoms with E-state index in [1.165, 1.54) is 30.3 Å². The monoisotopic (exact) mass is 1130 g/mol. The number of esters is 3. The highest BCUT2D eigenvalue weighted by Gasteiger charge is 2.33. The van der Waals surface area contributed by atoms with Gasteiger partial charge in [0.1, 0.15) is 37.4 Å². The molecular weight excluding hydrogens is 1070 g/mol. The van der Waals surface area contributed by atoms with Crippen molar-refractivity contribution in [2.24, 2.45) is 5.92 Å². The summed E-state index contributed by atoms with van der Waals surface area (Å²) in [5.74, 6) is -5.70. The fourth-order valence-corrected chi connectivity index (χ4v) is 8.61. The zero-order valence-electron chi connectivity index (χ0n) is 44.8. The summed E-state index contributed by atoms with van der Waals surface area (Å²) in [7, 11) is -4.60. The van der Waals surface area contributed by atoms with E-state index < -0.39 is 81.3 Å². The van der Waals surface area contributed by atoms with Gasteiger partial charge in [-0.15, -0.1) is 0 Å². The zero-order chi connectivity index (χ0) is 57.8. The summed E-state index contributed by atoms with van der Waals surface area (Å²) in [5.41, 5.74) is 2.82. The minimum absolute atomic E-state index is 0.0579. The third-order valence-corrected chi connectivity index (χ3v) is 13.2. The van der Waals surface area contributed by atoms with Crippen LogP contribution in [0.4, 0.5) is 0 Å². The maximum absolute atomic E-state index is 14.2. The topological polar surface area (TPSA) is 274 Å². The lowest BCUT2D eigenvalue weighted by Gasteiger charge is -2.32. The Morgan fingerprint density at radius 3 is 1.83 bits per heavy atom.